The number of nitrogens with one attached hydrogen (secondary N) is 2. The van der Waals surface area contributed by atoms with Gasteiger partial charge in [-0.2, -0.15) is 5.10 Å². The molecule has 0 aliphatic carbocycles. The van der Waals surface area contributed by atoms with Crippen LogP contribution in [0.2, 0.25) is 0 Å². The lowest BCUT2D eigenvalue weighted by atomic mass is 10.1. The quantitative estimate of drug-likeness (QED) is 0.252. The van der Waals surface area contributed by atoms with Gasteiger partial charge in [0.1, 0.15) is 11.7 Å². The fourth-order valence-electron chi connectivity index (χ4n) is 3.22. The smallest absolute Gasteiger partial charge is 0.150 e. The van der Waals surface area contributed by atoms with Gasteiger partial charge in [0.05, 0.1) is 5.52 Å². The van der Waals surface area contributed by atoms with Gasteiger partial charge < -0.3 is 22.2 Å². The van der Waals surface area contributed by atoms with Crippen molar-refractivity contribution < 1.29 is 0 Å². The molecule has 1 fully saturated rings. The zero-order valence-electron chi connectivity index (χ0n) is 13.2. The molecule has 0 bridgehead atoms. The summed E-state index contributed by atoms with van der Waals surface area (Å²) in [5.74, 6) is 6.53. The summed E-state index contributed by atoms with van der Waals surface area (Å²) in [5.41, 5.74) is 7.52. The number of amidine groups is 1. The highest BCUT2D eigenvalue weighted by Crippen LogP contribution is 2.33. The average Bonchev–Trinajstić information content (AvgIpc) is 3.30. The van der Waals surface area contributed by atoms with Crippen LogP contribution in [0.3, 0.4) is 0 Å². The third-order valence-electron chi connectivity index (χ3n) is 4.51. The first-order valence-electron chi connectivity index (χ1n) is 8.08. The third-order valence-corrected chi connectivity index (χ3v) is 5.46. The van der Waals surface area contributed by atoms with Crippen molar-refractivity contribution in [3.63, 3.8) is 0 Å². The molecule has 0 spiro atoms. The Bertz CT molecular complexity index is 910. The van der Waals surface area contributed by atoms with E-state index < -0.39 is 0 Å². The van der Waals surface area contributed by atoms with E-state index in [1.165, 1.54) is 22.9 Å². The van der Waals surface area contributed by atoms with Crippen molar-refractivity contribution >= 4 is 44.0 Å². The van der Waals surface area contributed by atoms with E-state index >= 15 is 0 Å². The predicted molar refractivity (Wildman–Crippen MR) is 102 cm³/mol. The van der Waals surface area contributed by atoms with Crippen molar-refractivity contribution in [3.8, 4) is 0 Å². The minimum absolute atomic E-state index is 0.314. The highest BCUT2D eigenvalue weighted by Gasteiger charge is 2.16. The number of thiophene rings is 1. The molecule has 2 aromatic heterocycles. The number of aromatic nitrogens is 1. The summed E-state index contributed by atoms with van der Waals surface area (Å²) in [5, 5.41) is 15.0. The van der Waals surface area contributed by atoms with Gasteiger partial charge in [0.2, 0.25) is 0 Å². The van der Waals surface area contributed by atoms with Crippen molar-refractivity contribution in [1.29, 1.82) is 0 Å². The largest absolute Gasteiger partial charge is 0.382 e. The van der Waals surface area contributed by atoms with Crippen molar-refractivity contribution in [2.24, 2.45) is 16.7 Å². The van der Waals surface area contributed by atoms with Gasteiger partial charge in [-0.3, -0.25) is 0 Å². The van der Waals surface area contributed by atoms with E-state index in [2.05, 4.69) is 27.2 Å². The first-order valence-corrected chi connectivity index (χ1v) is 8.96. The summed E-state index contributed by atoms with van der Waals surface area (Å²) >= 11 is 1.73. The Morgan fingerprint density at radius 2 is 2.29 bits per heavy atom. The van der Waals surface area contributed by atoms with E-state index in [0.717, 1.165) is 35.4 Å². The molecule has 124 valence electrons. The number of rotatable bonds is 4. The van der Waals surface area contributed by atoms with Crippen LogP contribution < -0.4 is 22.2 Å². The van der Waals surface area contributed by atoms with Crippen molar-refractivity contribution in [2.45, 2.75) is 18.9 Å². The molecule has 1 aromatic carbocycles. The second-order valence-corrected chi connectivity index (χ2v) is 6.96. The SMILES string of the molecule is N/N=C(\N)c1ccc2c(c1)nc(NCC1CCCN1)c1ccsc12. The molecular weight excluding hydrogens is 320 g/mol. The molecule has 0 amide bonds. The van der Waals surface area contributed by atoms with Crippen molar-refractivity contribution in [2.75, 3.05) is 18.4 Å². The number of benzene rings is 1. The lowest BCUT2D eigenvalue weighted by Crippen LogP contribution is -2.29. The summed E-state index contributed by atoms with van der Waals surface area (Å²) in [6.07, 6.45) is 2.45. The number of nitrogens with zero attached hydrogens (tertiary/aromatic N) is 2. The number of hydrogen-bond acceptors (Lipinski definition) is 6. The first-order chi connectivity index (χ1) is 11.8. The van der Waals surface area contributed by atoms with Gasteiger partial charge in [-0.05, 0) is 36.9 Å². The molecule has 0 saturated carbocycles. The van der Waals surface area contributed by atoms with Crippen LogP contribution in [0.15, 0.2) is 34.7 Å². The van der Waals surface area contributed by atoms with Crippen LogP contribution >= 0.6 is 11.3 Å². The lowest BCUT2D eigenvalue weighted by Gasteiger charge is -2.14. The summed E-state index contributed by atoms with van der Waals surface area (Å²) < 4.78 is 1.23. The molecule has 24 heavy (non-hydrogen) atoms. The molecule has 3 heterocycles. The number of fused-ring (bicyclic) bond motifs is 3. The highest BCUT2D eigenvalue weighted by molar-refractivity contribution is 7.18. The molecule has 1 atom stereocenters. The van der Waals surface area contributed by atoms with Gasteiger partial charge in [-0.25, -0.2) is 4.98 Å². The Kier molecular flexibility index (Phi) is 3.95. The Morgan fingerprint density at radius 1 is 1.38 bits per heavy atom. The fourth-order valence-corrected chi connectivity index (χ4v) is 4.15. The van der Waals surface area contributed by atoms with Crippen molar-refractivity contribution in [3.05, 3.63) is 35.2 Å². The maximum absolute atomic E-state index is 5.83. The fraction of sp³-hybridized carbons (Fsp3) is 0.294. The first kappa shape index (κ1) is 15.2. The summed E-state index contributed by atoms with van der Waals surface area (Å²) in [7, 11) is 0. The predicted octanol–water partition coefficient (Wildman–Crippen LogP) is 2.19. The van der Waals surface area contributed by atoms with Gasteiger partial charge in [0.15, 0.2) is 0 Å². The highest BCUT2D eigenvalue weighted by atomic mass is 32.1. The molecule has 4 rings (SSSR count). The van der Waals surface area contributed by atoms with Gasteiger partial charge in [0.25, 0.3) is 0 Å². The molecule has 1 unspecified atom stereocenters. The van der Waals surface area contributed by atoms with Gasteiger partial charge in [-0.1, -0.05) is 12.1 Å². The summed E-state index contributed by atoms with van der Waals surface area (Å²) in [6, 6.07) is 8.56. The Balaban J connectivity index is 1.77. The van der Waals surface area contributed by atoms with E-state index in [9.17, 15) is 0 Å². The Labute approximate surface area is 143 Å². The number of pyridine rings is 1. The summed E-state index contributed by atoms with van der Waals surface area (Å²) in [4.78, 5) is 4.83. The number of nitrogens with two attached hydrogens (primary N) is 2. The number of hydrazone groups is 1. The standard InChI is InChI=1S/C17H20N6S/c18-16(23-19)10-3-4-12-14(8-10)22-17(13-5-7-24-15(12)13)21-9-11-2-1-6-20-11/h3-5,7-8,11,20H,1-2,6,9,19H2,(H2,18,23)(H,21,22). The monoisotopic (exact) mass is 340 g/mol. The van der Waals surface area contributed by atoms with E-state index in [-0.39, 0.29) is 0 Å². The van der Waals surface area contributed by atoms with Crippen molar-refractivity contribution in [1.82, 2.24) is 10.3 Å². The number of hydrogen-bond donors (Lipinski definition) is 4. The zero-order chi connectivity index (χ0) is 16.5. The third kappa shape index (κ3) is 2.65. The molecule has 1 aliphatic heterocycles. The average molecular weight is 340 g/mol. The minimum atomic E-state index is 0.314. The molecule has 6 nitrogen and oxygen atoms in total. The minimum Gasteiger partial charge on any atom is -0.382 e. The van der Waals surface area contributed by atoms with Crippen LogP contribution in [0.1, 0.15) is 18.4 Å². The maximum atomic E-state index is 5.83. The topological polar surface area (TPSA) is 101 Å². The molecular formula is C17H20N6S. The molecule has 1 saturated heterocycles. The van der Waals surface area contributed by atoms with Gasteiger partial charge in [-0.15, -0.1) is 11.3 Å². The molecule has 0 radical (unpaired) electrons. The van der Waals surface area contributed by atoms with Crippen LogP contribution in [-0.2, 0) is 0 Å². The second kappa shape index (κ2) is 6.26. The molecule has 6 N–H and O–H groups in total. The normalized spacial score (nSPS) is 18.5. The van der Waals surface area contributed by atoms with E-state index in [1.807, 2.05) is 18.2 Å². The van der Waals surface area contributed by atoms with Crippen LogP contribution in [0, 0.1) is 0 Å². The van der Waals surface area contributed by atoms with Crippen LogP contribution in [-0.4, -0.2) is 30.0 Å². The number of anilines is 1. The Hall–Kier alpha value is -2.38. The Morgan fingerprint density at radius 3 is 3.08 bits per heavy atom. The molecule has 7 heteroatoms. The zero-order valence-corrected chi connectivity index (χ0v) is 14.1. The van der Waals surface area contributed by atoms with E-state index in [0.29, 0.717) is 11.9 Å². The molecule has 3 aromatic rings. The molecule has 1 aliphatic rings. The van der Waals surface area contributed by atoms with E-state index in [4.69, 9.17) is 16.6 Å². The van der Waals surface area contributed by atoms with Crippen LogP contribution in [0.5, 0.6) is 0 Å². The van der Waals surface area contributed by atoms with E-state index in [1.54, 1.807) is 11.3 Å². The second-order valence-electron chi connectivity index (χ2n) is 6.04. The maximum Gasteiger partial charge on any atom is 0.150 e. The van der Waals surface area contributed by atoms with Gasteiger partial charge in [0, 0.05) is 33.6 Å². The lowest BCUT2D eigenvalue weighted by molar-refractivity contribution is 0.633. The van der Waals surface area contributed by atoms with Crippen LogP contribution in [0.25, 0.3) is 21.0 Å². The van der Waals surface area contributed by atoms with Gasteiger partial charge >= 0.3 is 0 Å². The summed E-state index contributed by atoms with van der Waals surface area (Å²) in [6.45, 7) is 1.99. The van der Waals surface area contributed by atoms with Crippen LogP contribution in [0.4, 0.5) is 5.82 Å².